The third-order valence-corrected chi connectivity index (χ3v) is 7.08. The second-order valence-corrected chi connectivity index (χ2v) is 9.49. The molecular weight excluding hydrogens is 611 g/mol. The van der Waals surface area contributed by atoms with Crippen molar-refractivity contribution in [3.63, 3.8) is 0 Å². The van der Waals surface area contributed by atoms with Crippen LogP contribution in [-0.2, 0) is 4.79 Å². The first kappa shape index (κ1) is 27.9. The molecule has 37 heavy (non-hydrogen) atoms. The van der Waals surface area contributed by atoms with E-state index in [0.29, 0.717) is 14.5 Å². The quantitative estimate of drug-likeness (QED) is 0.183. The van der Waals surface area contributed by atoms with Crippen molar-refractivity contribution in [1.82, 2.24) is 10.7 Å². The van der Waals surface area contributed by atoms with E-state index in [9.17, 15) is 19.1 Å². The van der Waals surface area contributed by atoms with E-state index in [2.05, 4.69) is 47.7 Å². The third kappa shape index (κ3) is 7.17. The number of ether oxygens (including phenoxy) is 1. The van der Waals surface area contributed by atoms with Gasteiger partial charge in [-0.15, -0.1) is 0 Å². The summed E-state index contributed by atoms with van der Waals surface area (Å²) >= 11 is 6.69. The highest BCUT2D eigenvalue weighted by molar-refractivity contribution is 9.13. The molecule has 0 aromatic heterocycles. The number of phenolic OH excluding ortho intramolecular Hbond substituents is 1. The zero-order chi connectivity index (χ0) is 27.1. The molecule has 0 aliphatic carbocycles. The molecule has 11 heteroatoms. The van der Waals surface area contributed by atoms with Crippen LogP contribution in [0.2, 0.25) is 0 Å². The van der Waals surface area contributed by atoms with Crippen molar-refractivity contribution in [2.75, 3.05) is 26.1 Å². The van der Waals surface area contributed by atoms with Crippen molar-refractivity contribution in [2.24, 2.45) is 5.10 Å². The van der Waals surface area contributed by atoms with Crippen LogP contribution in [-0.4, -0.2) is 44.3 Å². The fourth-order valence-corrected chi connectivity index (χ4v) is 3.95. The summed E-state index contributed by atoms with van der Waals surface area (Å²) in [5, 5.41) is 16.9. The molecule has 0 bridgehead atoms. The van der Waals surface area contributed by atoms with Gasteiger partial charge in [0.2, 0.25) is 0 Å². The minimum Gasteiger partial charge on any atom is -0.504 e. The highest BCUT2D eigenvalue weighted by Crippen LogP contribution is 2.39. The molecule has 3 rings (SSSR count). The third-order valence-electron chi connectivity index (χ3n) is 5.07. The SMILES string of the molecule is COc1cc(Br)c(Br)c(/C=N\NC(=O)/C(=C/c2ccc(N(C)C)cc2)NC(=O)c2cccc(F)c2)c1O. The highest BCUT2D eigenvalue weighted by Gasteiger charge is 2.17. The minimum absolute atomic E-state index is 0.0419. The average molecular weight is 634 g/mol. The van der Waals surface area contributed by atoms with Gasteiger partial charge >= 0.3 is 0 Å². The lowest BCUT2D eigenvalue weighted by Crippen LogP contribution is -2.32. The van der Waals surface area contributed by atoms with Gasteiger partial charge in [0.1, 0.15) is 11.5 Å². The molecule has 0 fully saturated rings. The van der Waals surface area contributed by atoms with Gasteiger partial charge in [-0.2, -0.15) is 5.10 Å². The predicted octanol–water partition coefficient (Wildman–Crippen LogP) is 5.05. The van der Waals surface area contributed by atoms with E-state index >= 15 is 0 Å². The molecule has 0 radical (unpaired) electrons. The number of benzene rings is 3. The highest BCUT2D eigenvalue weighted by atomic mass is 79.9. The van der Waals surface area contributed by atoms with Gasteiger partial charge in [-0.3, -0.25) is 9.59 Å². The molecule has 3 aromatic rings. The van der Waals surface area contributed by atoms with Gasteiger partial charge in [-0.05, 0) is 79.9 Å². The van der Waals surface area contributed by atoms with Crippen molar-refractivity contribution in [3.8, 4) is 11.5 Å². The average Bonchev–Trinajstić information content (AvgIpc) is 2.87. The first-order chi connectivity index (χ1) is 17.6. The van der Waals surface area contributed by atoms with Crippen LogP contribution in [0.25, 0.3) is 6.08 Å². The Morgan fingerprint density at radius 1 is 1.11 bits per heavy atom. The second-order valence-electron chi connectivity index (χ2n) is 7.84. The van der Waals surface area contributed by atoms with Crippen molar-refractivity contribution in [2.45, 2.75) is 0 Å². The molecule has 192 valence electrons. The number of carbonyl (C=O) groups is 2. The van der Waals surface area contributed by atoms with E-state index in [4.69, 9.17) is 4.74 Å². The largest absolute Gasteiger partial charge is 0.504 e. The number of aromatic hydroxyl groups is 1. The topological polar surface area (TPSA) is 103 Å². The number of nitrogens with zero attached hydrogens (tertiary/aromatic N) is 2. The zero-order valence-electron chi connectivity index (χ0n) is 20.1. The molecule has 0 aliphatic heterocycles. The lowest BCUT2D eigenvalue weighted by molar-refractivity contribution is -0.117. The number of amides is 2. The van der Waals surface area contributed by atoms with Crippen molar-refractivity contribution in [1.29, 1.82) is 0 Å². The van der Waals surface area contributed by atoms with Gasteiger partial charge in [-0.25, -0.2) is 9.82 Å². The smallest absolute Gasteiger partial charge is 0.287 e. The number of methoxy groups -OCH3 is 1. The van der Waals surface area contributed by atoms with Crippen molar-refractivity contribution in [3.05, 3.63) is 91.7 Å². The number of carbonyl (C=O) groups excluding carboxylic acids is 2. The number of anilines is 1. The molecule has 0 saturated heterocycles. The Labute approximate surface area is 230 Å². The van der Waals surface area contributed by atoms with E-state index in [1.54, 1.807) is 18.2 Å². The Morgan fingerprint density at radius 3 is 2.43 bits per heavy atom. The van der Waals surface area contributed by atoms with E-state index in [-0.39, 0.29) is 28.3 Å². The zero-order valence-corrected chi connectivity index (χ0v) is 23.2. The predicted molar refractivity (Wildman–Crippen MR) is 148 cm³/mol. The number of phenols is 1. The van der Waals surface area contributed by atoms with Crippen LogP contribution in [0.4, 0.5) is 10.1 Å². The van der Waals surface area contributed by atoms with Crippen molar-refractivity contribution < 1.29 is 23.8 Å². The molecule has 8 nitrogen and oxygen atoms in total. The summed E-state index contributed by atoms with van der Waals surface area (Å²) in [4.78, 5) is 27.7. The summed E-state index contributed by atoms with van der Waals surface area (Å²) in [6, 6.07) is 13.9. The number of hydrogen-bond donors (Lipinski definition) is 3. The van der Waals surface area contributed by atoms with E-state index < -0.39 is 17.6 Å². The molecule has 0 atom stereocenters. The number of halogens is 3. The Hall–Kier alpha value is -3.70. The molecule has 3 aromatic carbocycles. The Balaban J connectivity index is 1.89. The standard InChI is InChI=1S/C26H23Br2FN4O4/c1-33(2)18-9-7-15(8-10-18)11-21(31-25(35)16-5-4-6-17(29)12-16)26(36)32-30-14-19-23(28)20(27)13-22(37-3)24(19)34/h4-14,34H,1-3H3,(H,31,35)(H,32,36)/b21-11-,30-14-. The Morgan fingerprint density at radius 2 is 1.81 bits per heavy atom. The van der Waals surface area contributed by atoms with E-state index in [1.807, 2.05) is 31.1 Å². The van der Waals surface area contributed by atoms with Gasteiger partial charge in [-0.1, -0.05) is 18.2 Å². The molecule has 0 unspecified atom stereocenters. The summed E-state index contributed by atoms with van der Waals surface area (Å²) in [6.07, 6.45) is 2.69. The van der Waals surface area contributed by atoms with Crippen LogP contribution >= 0.6 is 31.9 Å². The van der Waals surface area contributed by atoms with Gasteiger partial charge in [0.25, 0.3) is 11.8 Å². The van der Waals surface area contributed by atoms with Crippen LogP contribution in [0.15, 0.2) is 74.3 Å². The molecule has 0 heterocycles. The van der Waals surface area contributed by atoms with Gasteiger partial charge in [0, 0.05) is 34.3 Å². The minimum atomic E-state index is -0.740. The van der Waals surface area contributed by atoms with Gasteiger partial charge in [0.05, 0.1) is 18.9 Å². The number of nitrogens with one attached hydrogen (secondary N) is 2. The summed E-state index contributed by atoms with van der Waals surface area (Å²) in [5.41, 5.74) is 4.09. The summed E-state index contributed by atoms with van der Waals surface area (Å²) in [5.74, 6) is -1.98. The number of hydrazone groups is 1. The Kier molecular flexibility index (Phi) is 9.42. The maximum absolute atomic E-state index is 13.6. The number of rotatable bonds is 8. The maximum Gasteiger partial charge on any atom is 0.287 e. The first-order valence-corrected chi connectivity index (χ1v) is 12.3. The molecule has 3 N–H and O–H groups in total. The lowest BCUT2D eigenvalue weighted by Gasteiger charge is -2.13. The second kappa shape index (κ2) is 12.5. The van der Waals surface area contributed by atoms with Crippen molar-refractivity contribution >= 4 is 61.7 Å². The van der Waals surface area contributed by atoms with Crippen LogP contribution in [0.3, 0.4) is 0 Å². The fraction of sp³-hybridized carbons (Fsp3) is 0.115. The van der Waals surface area contributed by atoms with Crippen LogP contribution < -0.4 is 20.4 Å². The van der Waals surface area contributed by atoms with Crippen LogP contribution in [0, 0.1) is 5.82 Å². The summed E-state index contributed by atoms with van der Waals surface area (Å²) in [7, 11) is 5.21. The molecule has 0 aliphatic rings. The normalized spacial score (nSPS) is 11.4. The Bertz CT molecular complexity index is 1380. The summed E-state index contributed by atoms with van der Waals surface area (Å²) in [6.45, 7) is 0. The molecule has 0 saturated carbocycles. The molecular formula is C26H23Br2FN4O4. The first-order valence-electron chi connectivity index (χ1n) is 10.7. The lowest BCUT2D eigenvalue weighted by atomic mass is 10.1. The summed E-state index contributed by atoms with van der Waals surface area (Å²) < 4.78 is 19.8. The monoisotopic (exact) mass is 632 g/mol. The van der Waals surface area contributed by atoms with E-state index in [0.717, 1.165) is 11.8 Å². The maximum atomic E-state index is 13.6. The van der Waals surface area contributed by atoms with Crippen LogP contribution in [0.5, 0.6) is 11.5 Å². The molecule has 2 amide bonds. The van der Waals surface area contributed by atoms with Gasteiger partial charge in [0.15, 0.2) is 11.5 Å². The number of hydrogen-bond acceptors (Lipinski definition) is 6. The van der Waals surface area contributed by atoms with E-state index in [1.165, 1.54) is 37.6 Å². The fourth-order valence-electron chi connectivity index (χ4n) is 3.12. The van der Waals surface area contributed by atoms with Gasteiger partial charge < -0.3 is 20.1 Å². The molecule has 0 spiro atoms. The van der Waals surface area contributed by atoms with Crippen LogP contribution in [0.1, 0.15) is 21.5 Å².